The van der Waals surface area contributed by atoms with Crippen molar-refractivity contribution in [2.45, 2.75) is 33.1 Å². The van der Waals surface area contributed by atoms with Crippen LogP contribution in [0, 0.1) is 16.0 Å². The van der Waals surface area contributed by atoms with Crippen molar-refractivity contribution in [2.75, 3.05) is 36.9 Å². The van der Waals surface area contributed by atoms with E-state index in [9.17, 15) is 14.9 Å². The summed E-state index contributed by atoms with van der Waals surface area (Å²) in [5.74, 6) is 0.286. The molecule has 0 bridgehead atoms. The van der Waals surface area contributed by atoms with Crippen LogP contribution in [0.2, 0.25) is 0 Å². The van der Waals surface area contributed by atoms with Gasteiger partial charge in [-0.1, -0.05) is 13.8 Å². The fraction of sp³-hybridized carbons (Fsp3) is 0.588. The zero-order valence-corrected chi connectivity index (χ0v) is 14.6. The Bertz CT molecular complexity index is 618. The Morgan fingerprint density at radius 2 is 2.21 bits per heavy atom. The van der Waals surface area contributed by atoms with Crippen molar-refractivity contribution in [3.63, 3.8) is 0 Å². The van der Waals surface area contributed by atoms with E-state index < -0.39 is 4.92 Å². The number of anilines is 2. The third-order valence-electron chi connectivity index (χ3n) is 4.36. The topological polar surface area (TPSA) is 87.5 Å². The predicted octanol–water partition coefficient (Wildman–Crippen LogP) is 3.01. The lowest BCUT2D eigenvalue weighted by Gasteiger charge is -2.34. The summed E-state index contributed by atoms with van der Waals surface area (Å²) in [5, 5.41) is 17.0. The Kier molecular flexibility index (Phi) is 6.00. The monoisotopic (exact) mass is 334 g/mol. The first-order valence-electron chi connectivity index (χ1n) is 8.51. The zero-order valence-electron chi connectivity index (χ0n) is 14.6. The maximum Gasteiger partial charge on any atom is 0.293 e. The van der Waals surface area contributed by atoms with Gasteiger partial charge in [-0.3, -0.25) is 14.9 Å². The highest BCUT2D eigenvalue weighted by Crippen LogP contribution is 2.35. The molecule has 1 unspecified atom stereocenters. The highest BCUT2D eigenvalue weighted by molar-refractivity contribution is 6.02. The second-order valence-corrected chi connectivity index (χ2v) is 6.34. The summed E-state index contributed by atoms with van der Waals surface area (Å²) in [4.78, 5) is 25.6. The molecule has 0 aliphatic carbocycles. The number of piperidine rings is 1. The Balaban J connectivity index is 2.48. The molecule has 1 fully saturated rings. The molecule has 7 nitrogen and oxygen atoms in total. The molecule has 1 aromatic rings. The van der Waals surface area contributed by atoms with Crippen LogP contribution in [0.1, 0.15) is 43.5 Å². The molecule has 24 heavy (non-hydrogen) atoms. The number of nitro groups is 1. The van der Waals surface area contributed by atoms with Crippen molar-refractivity contribution >= 4 is 23.0 Å². The summed E-state index contributed by atoms with van der Waals surface area (Å²) in [6.45, 7) is 6.43. The van der Waals surface area contributed by atoms with Crippen LogP contribution in [-0.2, 0) is 0 Å². The van der Waals surface area contributed by atoms with E-state index in [0.717, 1.165) is 31.6 Å². The van der Waals surface area contributed by atoms with Crippen LogP contribution < -0.4 is 15.5 Å². The number of benzene rings is 1. The van der Waals surface area contributed by atoms with E-state index in [0.29, 0.717) is 23.7 Å². The molecule has 1 aliphatic rings. The molecule has 0 radical (unpaired) electrons. The van der Waals surface area contributed by atoms with Gasteiger partial charge in [0, 0.05) is 32.7 Å². The molecular formula is C17H26N4O3. The van der Waals surface area contributed by atoms with E-state index in [4.69, 9.17) is 0 Å². The van der Waals surface area contributed by atoms with Gasteiger partial charge in [0.15, 0.2) is 0 Å². The molecule has 1 saturated heterocycles. The van der Waals surface area contributed by atoms with Gasteiger partial charge in [-0.25, -0.2) is 0 Å². The van der Waals surface area contributed by atoms with Crippen molar-refractivity contribution in [2.24, 2.45) is 5.92 Å². The summed E-state index contributed by atoms with van der Waals surface area (Å²) in [6, 6.07) is 3.13. The molecule has 0 aromatic heterocycles. The largest absolute Gasteiger partial charge is 0.383 e. The lowest BCUT2D eigenvalue weighted by Crippen LogP contribution is -2.36. The molecule has 1 aliphatic heterocycles. The van der Waals surface area contributed by atoms with E-state index in [2.05, 4.69) is 22.5 Å². The number of nitro benzene ring substituents is 1. The highest BCUT2D eigenvalue weighted by Gasteiger charge is 2.26. The third kappa shape index (κ3) is 3.96. The molecule has 2 rings (SSSR count). The molecule has 1 heterocycles. The fourth-order valence-corrected chi connectivity index (χ4v) is 3.11. The van der Waals surface area contributed by atoms with Gasteiger partial charge in [-0.05, 0) is 31.2 Å². The molecule has 2 N–H and O–H groups in total. The molecule has 1 aromatic carbocycles. The van der Waals surface area contributed by atoms with Crippen LogP contribution in [0.3, 0.4) is 0 Å². The summed E-state index contributed by atoms with van der Waals surface area (Å²) in [7, 11) is 1.65. The standard InChI is InChI=1S/C17H26N4O3/c1-4-7-19-17(22)13-9-16(21(23)24)14(18-3)10-15(13)20-8-5-6-12(2)11-20/h9-10,12,18H,4-8,11H2,1-3H3,(H,19,22). The molecule has 132 valence electrons. The number of carbonyl (C=O) groups excluding carboxylic acids is 1. The van der Waals surface area contributed by atoms with Crippen molar-refractivity contribution in [3.8, 4) is 0 Å². The van der Waals surface area contributed by atoms with Gasteiger partial charge in [0.1, 0.15) is 5.69 Å². The maximum atomic E-state index is 12.5. The number of hydrogen-bond donors (Lipinski definition) is 2. The van der Waals surface area contributed by atoms with Gasteiger partial charge in [-0.15, -0.1) is 0 Å². The Labute approximate surface area is 142 Å². The Morgan fingerprint density at radius 3 is 2.79 bits per heavy atom. The SMILES string of the molecule is CCCNC(=O)c1cc([N+](=O)[O-])c(NC)cc1N1CCCC(C)C1. The smallest absolute Gasteiger partial charge is 0.293 e. The maximum absolute atomic E-state index is 12.5. The molecular weight excluding hydrogens is 308 g/mol. The van der Waals surface area contributed by atoms with Gasteiger partial charge in [-0.2, -0.15) is 0 Å². The summed E-state index contributed by atoms with van der Waals surface area (Å²) in [5.41, 5.74) is 1.50. The van der Waals surface area contributed by atoms with Gasteiger partial charge in [0.25, 0.3) is 11.6 Å². The lowest BCUT2D eigenvalue weighted by molar-refractivity contribution is -0.383. The van der Waals surface area contributed by atoms with Crippen molar-refractivity contribution in [1.82, 2.24) is 5.32 Å². The van der Waals surface area contributed by atoms with Gasteiger partial charge in [0.05, 0.1) is 16.2 Å². The van der Waals surface area contributed by atoms with Crippen molar-refractivity contribution in [3.05, 3.63) is 27.8 Å². The van der Waals surface area contributed by atoms with Crippen LogP contribution in [0.15, 0.2) is 12.1 Å². The van der Waals surface area contributed by atoms with Gasteiger partial charge in [0.2, 0.25) is 0 Å². The molecule has 7 heteroatoms. The molecule has 0 saturated carbocycles. The van der Waals surface area contributed by atoms with Crippen molar-refractivity contribution in [1.29, 1.82) is 0 Å². The van der Waals surface area contributed by atoms with E-state index in [1.165, 1.54) is 12.5 Å². The second kappa shape index (κ2) is 7.99. The Hall–Kier alpha value is -2.31. The lowest BCUT2D eigenvalue weighted by atomic mass is 9.98. The number of amides is 1. The normalized spacial score (nSPS) is 17.5. The summed E-state index contributed by atoms with van der Waals surface area (Å²) in [6.07, 6.45) is 3.04. The third-order valence-corrected chi connectivity index (χ3v) is 4.36. The van der Waals surface area contributed by atoms with Gasteiger partial charge < -0.3 is 15.5 Å². The average molecular weight is 334 g/mol. The molecule has 1 atom stereocenters. The van der Waals surface area contributed by atoms with Gasteiger partial charge >= 0.3 is 0 Å². The quantitative estimate of drug-likeness (QED) is 0.617. The van der Waals surface area contributed by atoms with E-state index >= 15 is 0 Å². The van der Waals surface area contributed by atoms with Crippen LogP contribution in [0.5, 0.6) is 0 Å². The summed E-state index contributed by atoms with van der Waals surface area (Å²) >= 11 is 0. The number of carbonyl (C=O) groups is 1. The Morgan fingerprint density at radius 1 is 1.46 bits per heavy atom. The predicted molar refractivity (Wildman–Crippen MR) is 95.9 cm³/mol. The minimum atomic E-state index is -0.453. The van der Waals surface area contributed by atoms with Crippen LogP contribution in [0.4, 0.5) is 17.1 Å². The van der Waals surface area contributed by atoms with Crippen molar-refractivity contribution < 1.29 is 9.72 Å². The summed E-state index contributed by atoms with van der Waals surface area (Å²) < 4.78 is 0. The average Bonchev–Trinajstić information content (AvgIpc) is 2.58. The first-order valence-corrected chi connectivity index (χ1v) is 8.51. The van der Waals surface area contributed by atoms with Crippen LogP contribution >= 0.6 is 0 Å². The second-order valence-electron chi connectivity index (χ2n) is 6.34. The number of hydrogen-bond acceptors (Lipinski definition) is 5. The van der Waals surface area contributed by atoms with E-state index in [1.54, 1.807) is 13.1 Å². The first-order chi connectivity index (χ1) is 11.5. The number of nitrogens with zero attached hydrogens (tertiary/aromatic N) is 2. The van der Waals surface area contributed by atoms with E-state index in [-0.39, 0.29) is 11.6 Å². The van der Waals surface area contributed by atoms with Crippen LogP contribution in [0.25, 0.3) is 0 Å². The first kappa shape index (κ1) is 18.0. The highest BCUT2D eigenvalue weighted by atomic mass is 16.6. The van der Waals surface area contributed by atoms with Crippen LogP contribution in [-0.4, -0.2) is 37.5 Å². The number of rotatable bonds is 6. The minimum absolute atomic E-state index is 0.0760. The fourth-order valence-electron chi connectivity index (χ4n) is 3.11. The molecule has 1 amide bonds. The molecule has 0 spiro atoms. The number of nitrogens with one attached hydrogen (secondary N) is 2. The van der Waals surface area contributed by atoms with E-state index in [1.807, 2.05) is 6.92 Å². The zero-order chi connectivity index (χ0) is 17.7. The minimum Gasteiger partial charge on any atom is -0.383 e.